The minimum absolute atomic E-state index is 0.0765. The lowest BCUT2D eigenvalue weighted by atomic mass is 9.77. The number of halogens is 1. The van der Waals surface area contributed by atoms with Gasteiger partial charge in [-0.2, -0.15) is 4.98 Å². The Bertz CT molecular complexity index is 1050. The molecule has 4 aliphatic rings. The van der Waals surface area contributed by atoms with Gasteiger partial charge in [0.2, 0.25) is 5.95 Å². The number of rotatable bonds is 5. The zero-order chi connectivity index (χ0) is 21.9. The molecular formula is C24H29ClN4O2S. The van der Waals surface area contributed by atoms with Crippen molar-refractivity contribution in [3.63, 3.8) is 0 Å². The van der Waals surface area contributed by atoms with E-state index >= 15 is 0 Å². The van der Waals surface area contributed by atoms with Crippen LogP contribution in [-0.2, 0) is 10.8 Å². The lowest BCUT2D eigenvalue weighted by Crippen LogP contribution is -2.48. The molecule has 3 fully saturated rings. The minimum atomic E-state index is -1.04. The summed E-state index contributed by atoms with van der Waals surface area (Å²) in [6.07, 6.45) is 7.17. The maximum absolute atomic E-state index is 13.0. The smallest absolute Gasteiger partial charge is 0.227 e. The monoisotopic (exact) mass is 472 g/mol. The highest BCUT2D eigenvalue weighted by Crippen LogP contribution is 2.56. The molecule has 1 aromatic carbocycles. The van der Waals surface area contributed by atoms with Gasteiger partial charge in [0.15, 0.2) is 0 Å². The number of fused-ring (bicyclic) bond motifs is 3. The highest BCUT2D eigenvalue weighted by Gasteiger charge is 2.54. The quantitative estimate of drug-likeness (QED) is 0.678. The zero-order valence-electron chi connectivity index (χ0n) is 18.1. The molecule has 2 aliphatic heterocycles. The molecule has 0 spiro atoms. The summed E-state index contributed by atoms with van der Waals surface area (Å²) in [6.45, 7) is 1.89. The first-order chi connectivity index (χ1) is 15.6. The molecule has 1 aromatic heterocycles. The van der Waals surface area contributed by atoms with Gasteiger partial charge in [0.1, 0.15) is 10.7 Å². The summed E-state index contributed by atoms with van der Waals surface area (Å²) in [7, 11) is -1.04. The van der Waals surface area contributed by atoms with Gasteiger partial charge in [-0.3, -0.25) is 4.21 Å². The van der Waals surface area contributed by atoms with Gasteiger partial charge in [0.05, 0.1) is 28.6 Å². The Balaban J connectivity index is 1.28. The average Bonchev–Trinajstić information content (AvgIpc) is 3.56. The van der Waals surface area contributed by atoms with Crippen molar-refractivity contribution < 1.29 is 9.32 Å². The molecule has 170 valence electrons. The van der Waals surface area contributed by atoms with Crippen molar-refractivity contribution in [1.82, 2.24) is 9.97 Å². The third kappa shape index (κ3) is 3.53. The summed E-state index contributed by atoms with van der Waals surface area (Å²) in [5, 5.41) is 14.5. The van der Waals surface area contributed by atoms with Crippen molar-refractivity contribution in [1.29, 1.82) is 0 Å². The molecule has 2 aliphatic carbocycles. The van der Waals surface area contributed by atoms with Crippen LogP contribution in [0.2, 0.25) is 5.02 Å². The Morgan fingerprint density at radius 2 is 1.97 bits per heavy atom. The molecule has 2 N–H and O–H groups in total. The van der Waals surface area contributed by atoms with E-state index in [2.05, 4.69) is 22.3 Å². The average molecular weight is 473 g/mol. The molecule has 6 nitrogen and oxygen atoms in total. The Kier molecular flexibility index (Phi) is 5.19. The number of benzene rings is 1. The van der Waals surface area contributed by atoms with Crippen LogP contribution >= 0.6 is 11.6 Å². The number of anilines is 2. The van der Waals surface area contributed by atoms with Crippen LogP contribution in [0, 0.1) is 0 Å². The molecule has 4 atom stereocenters. The lowest BCUT2D eigenvalue weighted by molar-refractivity contribution is 0.143. The Morgan fingerprint density at radius 3 is 2.69 bits per heavy atom. The van der Waals surface area contributed by atoms with E-state index in [1.54, 1.807) is 0 Å². The van der Waals surface area contributed by atoms with Gasteiger partial charge in [0.25, 0.3) is 0 Å². The fourth-order valence-electron chi connectivity index (χ4n) is 5.52. The summed E-state index contributed by atoms with van der Waals surface area (Å²) in [5.41, 5.74) is 2.00. The van der Waals surface area contributed by atoms with E-state index in [1.807, 2.05) is 12.1 Å². The lowest BCUT2D eigenvalue weighted by Gasteiger charge is -2.41. The van der Waals surface area contributed by atoms with Crippen LogP contribution in [0.5, 0.6) is 0 Å². The molecule has 8 heteroatoms. The van der Waals surface area contributed by atoms with Crippen molar-refractivity contribution in [2.75, 3.05) is 29.9 Å². The molecule has 2 saturated carbocycles. The Morgan fingerprint density at radius 1 is 1.16 bits per heavy atom. The van der Waals surface area contributed by atoms with Gasteiger partial charge in [-0.15, -0.1) is 0 Å². The van der Waals surface area contributed by atoms with Crippen molar-refractivity contribution >= 4 is 34.2 Å². The van der Waals surface area contributed by atoms with E-state index in [4.69, 9.17) is 21.6 Å². The van der Waals surface area contributed by atoms with E-state index in [9.17, 15) is 9.32 Å². The summed E-state index contributed by atoms with van der Waals surface area (Å²) in [5.74, 6) is 2.27. The number of hydrogen-bond acceptors (Lipinski definition) is 6. The van der Waals surface area contributed by atoms with E-state index in [-0.39, 0.29) is 17.4 Å². The third-order valence-electron chi connectivity index (χ3n) is 7.79. The van der Waals surface area contributed by atoms with Gasteiger partial charge in [-0.25, -0.2) is 4.98 Å². The SMILES string of the molecule is O=S1c2c(NC3(CO)CCC3)nc(N3CCCC(c4ccc(Cl)cc4)CC3)nc2C2CC21. The van der Waals surface area contributed by atoms with Crippen molar-refractivity contribution in [2.45, 2.75) is 72.5 Å². The van der Waals surface area contributed by atoms with Crippen LogP contribution in [0.4, 0.5) is 11.8 Å². The molecular weight excluding hydrogens is 444 g/mol. The largest absolute Gasteiger partial charge is 0.394 e. The molecule has 1 saturated heterocycles. The molecule has 0 radical (unpaired) electrons. The second-order valence-corrected chi connectivity index (χ2v) is 11.9. The molecule has 4 unspecified atom stereocenters. The number of aromatic nitrogens is 2. The Hall–Kier alpha value is -1.70. The highest BCUT2D eigenvalue weighted by molar-refractivity contribution is 7.86. The van der Waals surface area contributed by atoms with Crippen molar-refractivity contribution in [2.24, 2.45) is 0 Å². The highest BCUT2D eigenvalue weighted by atomic mass is 35.5. The fraction of sp³-hybridized carbons (Fsp3) is 0.583. The first-order valence-corrected chi connectivity index (χ1v) is 13.4. The van der Waals surface area contributed by atoms with Crippen LogP contribution in [0.15, 0.2) is 29.2 Å². The summed E-state index contributed by atoms with van der Waals surface area (Å²) in [4.78, 5) is 13.0. The molecule has 0 bridgehead atoms. The fourth-order valence-corrected chi connectivity index (χ4v) is 7.45. The second-order valence-electron chi connectivity index (χ2n) is 9.85. The minimum Gasteiger partial charge on any atom is -0.394 e. The van der Waals surface area contributed by atoms with Gasteiger partial charge in [-0.1, -0.05) is 23.7 Å². The zero-order valence-corrected chi connectivity index (χ0v) is 19.7. The first kappa shape index (κ1) is 20.9. The summed E-state index contributed by atoms with van der Waals surface area (Å²) < 4.78 is 13.0. The van der Waals surface area contributed by atoms with Gasteiger partial charge < -0.3 is 15.3 Å². The second kappa shape index (κ2) is 7.96. The standard InChI is InChI=1S/C24H29ClN4O2S/c25-17-6-4-16(5-7-17)15-3-1-11-29(12-8-15)23-26-20-18-13-19(18)32(31)21(20)22(27-23)28-24(14-30)9-2-10-24/h4-7,15,18-19,30H,1-3,8-14H2,(H,26,27,28). The van der Waals surface area contributed by atoms with E-state index < -0.39 is 10.8 Å². The van der Waals surface area contributed by atoms with Gasteiger partial charge in [0, 0.05) is 29.3 Å². The normalized spacial score (nSPS) is 30.1. The molecule has 2 aromatic rings. The molecule has 6 rings (SSSR count). The van der Waals surface area contributed by atoms with Crippen LogP contribution in [-0.4, -0.2) is 49.8 Å². The van der Waals surface area contributed by atoms with E-state index in [1.165, 1.54) is 5.56 Å². The van der Waals surface area contributed by atoms with E-state index in [0.717, 1.165) is 79.6 Å². The van der Waals surface area contributed by atoms with Crippen molar-refractivity contribution in [3.05, 3.63) is 40.5 Å². The number of aliphatic hydroxyl groups is 1. The molecule has 0 amide bonds. The van der Waals surface area contributed by atoms with Crippen LogP contribution < -0.4 is 10.2 Å². The maximum Gasteiger partial charge on any atom is 0.227 e. The first-order valence-electron chi connectivity index (χ1n) is 11.8. The van der Waals surface area contributed by atoms with Gasteiger partial charge >= 0.3 is 0 Å². The molecule has 3 heterocycles. The van der Waals surface area contributed by atoms with E-state index in [0.29, 0.717) is 17.7 Å². The van der Waals surface area contributed by atoms with Crippen LogP contribution in [0.3, 0.4) is 0 Å². The number of nitrogens with one attached hydrogen (secondary N) is 1. The third-order valence-corrected chi connectivity index (χ3v) is 9.92. The molecule has 32 heavy (non-hydrogen) atoms. The summed E-state index contributed by atoms with van der Waals surface area (Å²) >= 11 is 6.08. The number of hydrogen-bond donors (Lipinski definition) is 2. The van der Waals surface area contributed by atoms with Gasteiger partial charge in [-0.05, 0) is 68.6 Å². The number of aliphatic hydroxyl groups excluding tert-OH is 1. The van der Waals surface area contributed by atoms with Crippen molar-refractivity contribution in [3.8, 4) is 0 Å². The number of nitrogens with zero attached hydrogens (tertiary/aromatic N) is 3. The maximum atomic E-state index is 13.0. The summed E-state index contributed by atoms with van der Waals surface area (Å²) in [6, 6.07) is 8.24. The predicted octanol–water partition coefficient (Wildman–Crippen LogP) is 4.21. The predicted molar refractivity (Wildman–Crippen MR) is 127 cm³/mol. The Labute approximate surface area is 196 Å². The van der Waals surface area contributed by atoms with Crippen LogP contribution in [0.1, 0.15) is 68.0 Å². The van der Waals surface area contributed by atoms with Crippen LogP contribution in [0.25, 0.3) is 0 Å². The topological polar surface area (TPSA) is 78.3 Å².